The molecule has 0 unspecified atom stereocenters. The van der Waals surface area contributed by atoms with Crippen LogP contribution in [-0.2, 0) is 10.0 Å². The lowest BCUT2D eigenvalue weighted by atomic mass is 10.3. The van der Waals surface area contributed by atoms with Crippen LogP contribution in [0.15, 0.2) is 53.7 Å². The molecule has 0 spiro atoms. The van der Waals surface area contributed by atoms with Crippen molar-refractivity contribution in [2.45, 2.75) is 11.8 Å². The number of benzene rings is 1. The van der Waals surface area contributed by atoms with Gasteiger partial charge in [-0.15, -0.1) is 0 Å². The third-order valence-corrected chi connectivity index (χ3v) is 7.17. The average Bonchev–Trinajstić information content (AvgIpc) is 3.33. The molecule has 0 saturated carbocycles. The van der Waals surface area contributed by atoms with Crippen LogP contribution in [0.25, 0.3) is 5.82 Å². The quantitative estimate of drug-likeness (QED) is 0.576. The highest BCUT2D eigenvalue weighted by Gasteiger charge is 2.31. The molecule has 9 nitrogen and oxygen atoms in total. The van der Waals surface area contributed by atoms with Crippen LogP contribution < -0.4 is 14.4 Å². The standard InChI is InChI=1S/C21H25N5O4S/c1-16-22-20(24-8-4-5-9-24)15-21(23-16)25-10-12-26(13-11-25)31(27,28)19-7-6-17(29-2)14-18(19)30-3/h4-9,14-15H,10-13H2,1-3H3. The second kappa shape index (κ2) is 8.56. The minimum absolute atomic E-state index is 0.136. The molecule has 31 heavy (non-hydrogen) atoms. The van der Waals surface area contributed by atoms with Gasteiger partial charge in [0.25, 0.3) is 0 Å². The van der Waals surface area contributed by atoms with Gasteiger partial charge in [0.05, 0.1) is 14.2 Å². The van der Waals surface area contributed by atoms with E-state index in [4.69, 9.17) is 9.47 Å². The largest absolute Gasteiger partial charge is 0.497 e. The van der Waals surface area contributed by atoms with Crippen molar-refractivity contribution in [1.29, 1.82) is 0 Å². The van der Waals surface area contributed by atoms with Gasteiger partial charge in [0, 0.05) is 50.7 Å². The fourth-order valence-electron chi connectivity index (χ4n) is 3.60. The zero-order chi connectivity index (χ0) is 22.0. The van der Waals surface area contributed by atoms with Gasteiger partial charge < -0.3 is 18.9 Å². The Bertz CT molecular complexity index is 1160. The molecule has 1 saturated heterocycles. The van der Waals surface area contributed by atoms with Crippen molar-refractivity contribution in [3.8, 4) is 17.3 Å². The molecule has 2 aromatic heterocycles. The van der Waals surface area contributed by atoms with Gasteiger partial charge in [-0.1, -0.05) is 0 Å². The van der Waals surface area contributed by atoms with Gasteiger partial charge >= 0.3 is 0 Å². The molecule has 1 aromatic carbocycles. The highest BCUT2D eigenvalue weighted by Crippen LogP contribution is 2.31. The van der Waals surface area contributed by atoms with E-state index in [2.05, 4.69) is 14.9 Å². The highest BCUT2D eigenvalue weighted by molar-refractivity contribution is 7.89. The molecular weight excluding hydrogens is 418 g/mol. The minimum atomic E-state index is -3.70. The Morgan fingerprint density at radius 2 is 1.58 bits per heavy atom. The summed E-state index contributed by atoms with van der Waals surface area (Å²) >= 11 is 0. The molecule has 3 aromatic rings. The fourth-order valence-corrected chi connectivity index (χ4v) is 5.16. The van der Waals surface area contributed by atoms with Crippen LogP contribution in [0.4, 0.5) is 5.82 Å². The predicted molar refractivity (Wildman–Crippen MR) is 117 cm³/mol. The molecule has 1 aliphatic rings. The number of nitrogens with zero attached hydrogens (tertiary/aromatic N) is 5. The Balaban J connectivity index is 1.53. The van der Waals surface area contributed by atoms with Crippen molar-refractivity contribution in [1.82, 2.24) is 18.8 Å². The van der Waals surface area contributed by atoms with E-state index in [9.17, 15) is 8.42 Å². The lowest BCUT2D eigenvalue weighted by Gasteiger charge is -2.35. The fraction of sp³-hybridized carbons (Fsp3) is 0.333. The first-order valence-corrected chi connectivity index (χ1v) is 11.3. The van der Waals surface area contributed by atoms with Crippen molar-refractivity contribution in [2.75, 3.05) is 45.3 Å². The molecule has 0 N–H and O–H groups in total. The zero-order valence-corrected chi connectivity index (χ0v) is 18.5. The number of rotatable bonds is 6. The smallest absolute Gasteiger partial charge is 0.246 e. The van der Waals surface area contributed by atoms with E-state index >= 15 is 0 Å². The molecule has 1 fully saturated rings. The van der Waals surface area contributed by atoms with E-state index in [0.717, 1.165) is 11.6 Å². The number of hydrogen-bond acceptors (Lipinski definition) is 7. The summed E-state index contributed by atoms with van der Waals surface area (Å²) in [5.41, 5.74) is 0. The average molecular weight is 444 g/mol. The van der Waals surface area contributed by atoms with E-state index in [0.29, 0.717) is 37.8 Å². The first kappa shape index (κ1) is 21.1. The molecule has 0 aliphatic carbocycles. The van der Waals surface area contributed by atoms with Gasteiger partial charge in [0.1, 0.15) is 33.9 Å². The molecule has 10 heteroatoms. The Morgan fingerprint density at radius 3 is 2.23 bits per heavy atom. The summed E-state index contributed by atoms with van der Waals surface area (Å²) in [4.78, 5) is 11.3. The van der Waals surface area contributed by atoms with Gasteiger partial charge in [-0.05, 0) is 31.2 Å². The van der Waals surface area contributed by atoms with E-state index in [-0.39, 0.29) is 10.6 Å². The number of methoxy groups -OCH3 is 2. The van der Waals surface area contributed by atoms with Crippen molar-refractivity contribution in [3.05, 3.63) is 54.6 Å². The molecule has 0 bridgehead atoms. The van der Waals surface area contributed by atoms with E-state index < -0.39 is 10.0 Å². The van der Waals surface area contributed by atoms with Gasteiger partial charge in [-0.25, -0.2) is 18.4 Å². The van der Waals surface area contributed by atoms with Crippen LogP contribution in [0.1, 0.15) is 5.82 Å². The van der Waals surface area contributed by atoms with Gasteiger partial charge in [-0.2, -0.15) is 4.31 Å². The minimum Gasteiger partial charge on any atom is -0.497 e. The number of anilines is 1. The number of sulfonamides is 1. The zero-order valence-electron chi connectivity index (χ0n) is 17.7. The van der Waals surface area contributed by atoms with Crippen LogP contribution in [0, 0.1) is 6.92 Å². The van der Waals surface area contributed by atoms with Crippen molar-refractivity contribution in [2.24, 2.45) is 0 Å². The normalized spacial score (nSPS) is 15.1. The molecule has 0 amide bonds. The molecule has 0 atom stereocenters. The maximum atomic E-state index is 13.2. The third-order valence-electron chi connectivity index (χ3n) is 5.23. The number of piperazine rings is 1. The van der Waals surface area contributed by atoms with Crippen molar-refractivity contribution in [3.63, 3.8) is 0 Å². The number of ether oxygens (including phenoxy) is 2. The van der Waals surface area contributed by atoms with Gasteiger partial charge in [0.2, 0.25) is 10.0 Å². The molecule has 4 rings (SSSR count). The van der Waals surface area contributed by atoms with Gasteiger partial charge in [-0.3, -0.25) is 0 Å². The molecule has 1 aliphatic heterocycles. The van der Waals surface area contributed by atoms with Crippen LogP contribution in [0.5, 0.6) is 11.5 Å². The Morgan fingerprint density at radius 1 is 0.903 bits per heavy atom. The molecule has 3 heterocycles. The Labute approximate surface area is 181 Å². The van der Waals surface area contributed by atoms with E-state index in [1.165, 1.54) is 24.6 Å². The number of aromatic nitrogens is 3. The second-order valence-electron chi connectivity index (χ2n) is 7.13. The molecule has 0 radical (unpaired) electrons. The number of hydrogen-bond donors (Lipinski definition) is 0. The van der Waals surface area contributed by atoms with E-state index in [1.54, 1.807) is 12.1 Å². The van der Waals surface area contributed by atoms with Crippen LogP contribution in [0.3, 0.4) is 0 Å². The Hall–Kier alpha value is -3.11. The van der Waals surface area contributed by atoms with E-state index in [1.807, 2.05) is 42.1 Å². The maximum absolute atomic E-state index is 13.2. The monoisotopic (exact) mass is 443 g/mol. The van der Waals surface area contributed by atoms with Crippen molar-refractivity contribution >= 4 is 15.8 Å². The SMILES string of the molecule is COc1ccc(S(=O)(=O)N2CCN(c3cc(-n4cccc4)nc(C)n3)CC2)c(OC)c1. The van der Waals surface area contributed by atoms with Gasteiger partial charge in [0.15, 0.2) is 0 Å². The molecule has 164 valence electrons. The van der Waals surface area contributed by atoms with Crippen molar-refractivity contribution < 1.29 is 17.9 Å². The highest BCUT2D eigenvalue weighted by atomic mass is 32.2. The maximum Gasteiger partial charge on any atom is 0.246 e. The summed E-state index contributed by atoms with van der Waals surface area (Å²) in [6.07, 6.45) is 3.86. The first-order chi connectivity index (χ1) is 14.9. The summed E-state index contributed by atoms with van der Waals surface area (Å²) in [6.45, 7) is 3.60. The summed E-state index contributed by atoms with van der Waals surface area (Å²) < 4.78 is 40.3. The van der Waals surface area contributed by atoms with Crippen LogP contribution >= 0.6 is 0 Å². The lowest BCUT2D eigenvalue weighted by Crippen LogP contribution is -2.49. The van der Waals surface area contributed by atoms with Crippen LogP contribution in [-0.4, -0.2) is 67.7 Å². The number of aryl methyl sites for hydroxylation is 1. The summed E-state index contributed by atoms with van der Waals surface area (Å²) in [5.74, 6) is 3.04. The molecular formula is C21H25N5O4S. The lowest BCUT2D eigenvalue weighted by molar-refractivity contribution is 0.369. The third kappa shape index (κ3) is 4.21. The summed E-state index contributed by atoms with van der Waals surface area (Å²) in [5, 5.41) is 0. The topological polar surface area (TPSA) is 89.8 Å². The predicted octanol–water partition coefficient (Wildman–Crippen LogP) is 2.10. The summed E-state index contributed by atoms with van der Waals surface area (Å²) in [7, 11) is -0.722. The second-order valence-corrected chi connectivity index (χ2v) is 9.04. The van der Waals surface area contributed by atoms with Crippen LogP contribution in [0.2, 0.25) is 0 Å². The Kier molecular flexibility index (Phi) is 5.84. The first-order valence-electron chi connectivity index (χ1n) is 9.88. The summed E-state index contributed by atoms with van der Waals surface area (Å²) in [6, 6.07) is 10.5.